The summed E-state index contributed by atoms with van der Waals surface area (Å²) < 4.78 is 9.91. The summed E-state index contributed by atoms with van der Waals surface area (Å²) in [4.78, 5) is 0. The number of aliphatic hydroxyl groups excluding tert-OH is 2. The molecule has 0 rings (SSSR count). The standard InChI is InChI=1S/C7H16O4/c8-3-1-5-10-7-11-6-2-4-9/h8-9H,1-7H2. The fraction of sp³-hybridized carbons (Fsp3) is 1.00. The van der Waals surface area contributed by atoms with Gasteiger partial charge in [-0.1, -0.05) is 0 Å². The van der Waals surface area contributed by atoms with Crippen molar-refractivity contribution < 1.29 is 19.7 Å². The van der Waals surface area contributed by atoms with Crippen LogP contribution in [0.4, 0.5) is 0 Å². The van der Waals surface area contributed by atoms with Gasteiger partial charge in [0.2, 0.25) is 0 Å². The van der Waals surface area contributed by atoms with Gasteiger partial charge < -0.3 is 19.7 Å². The van der Waals surface area contributed by atoms with Gasteiger partial charge in [0.1, 0.15) is 6.79 Å². The zero-order chi connectivity index (χ0) is 8.36. The van der Waals surface area contributed by atoms with Crippen LogP contribution in [0.5, 0.6) is 0 Å². The lowest BCUT2D eigenvalue weighted by molar-refractivity contribution is -0.0589. The molecule has 0 spiro atoms. The van der Waals surface area contributed by atoms with Crippen LogP contribution in [0.2, 0.25) is 0 Å². The van der Waals surface area contributed by atoms with Gasteiger partial charge in [-0.25, -0.2) is 0 Å². The minimum Gasteiger partial charge on any atom is -0.396 e. The summed E-state index contributed by atoms with van der Waals surface area (Å²) in [5.74, 6) is 0. The van der Waals surface area contributed by atoms with Crippen molar-refractivity contribution in [2.45, 2.75) is 12.8 Å². The summed E-state index contributed by atoms with van der Waals surface area (Å²) in [6.45, 7) is 1.60. The molecule has 0 aliphatic carbocycles. The Bertz CT molecular complexity index is 59.5. The van der Waals surface area contributed by atoms with Gasteiger partial charge in [0.05, 0.1) is 13.2 Å². The Morgan fingerprint density at radius 2 is 1.27 bits per heavy atom. The molecule has 68 valence electrons. The van der Waals surface area contributed by atoms with E-state index in [4.69, 9.17) is 19.7 Å². The third-order valence-corrected chi connectivity index (χ3v) is 1.06. The highest BCUT2D eigenvalue weighted by molar-refractivity contribution is 4.30. The van der Waals surface area contributed by atoms with Crippen molar-refractivity contribution in [1.29, 1.82) is 0 Å². The SMILES string of the molecule is OCCCOCOCCCO. The highest BCUT2D eigenvalue weighted by Gasteiger charge is 1.87. The van der Waals surface area contributed by atoms with E-state index in [0.29, 0.717) is 26.1 Å². The maximum atomic E-state index is 8.35. The van der Waals surface area contributed by atoms with Gasteiger partial charge in [-0.05, 0) is 12.8 Å². The number of hydrogen-bond acceptors (Lipinski definition) is 4. The van der Waals surface area contributed by atoms with E-state index in [-0.39, 0.29) is 20.0 Å². The highest BCUT2D eigenvalue weighted by atomic mass is 16.7. The lowest BCUT2D eigenvalue weighted by Gasteiger charge is -2.03. The van der Waals surface area contributed by atoms with Crippen molar-refractivity contribution in [2.24, 2.45) is 0 Å². The smallest absolute Gasteiger partial charge is 0.146 e. The molecule has 0 aromatic carbocycles. The molecule has 0 aromatic heterocycles. The van der Waals surface area contributed by atoms with E-state index in [1.54, 1.807) is 0 Å². The minimum atomic E-state index is 0.149. The molecular weight excluding hydrogens is 148 g/mol. The largest absolute Gasteiger partial charge is 0.396 e. The molecule has 0 radical (unpaired) electrons. The van der Waals surface area contributed by atoms with Gasteiger partial charge in [0, 0.05) is 13.2 Å². The third-order valence-electron chi connectivity index (χ3n) is 1.06. The van der Waals surface area contributed by atoms with Gasteiger partial charge >= 0.3 is 0 Å². The first-order valence-corrected chi connectivity index (χ1v) is 3.79. The molecule has 0 saturated heterocycles. The fourth-order valence-electron chi connectivity index (χ4n) is 0.510. The van der Waals surface area contributed by atoms with Crippen LogP contribution in [0.1, 0.15) is 12.8 Å². The molecule has 11 heavy (non-hydrogen) atoms. The second-order valence-corrected chi connectivity index (χ2v) is 2.09. The predicted molar refractivity (Wildman–Crippen MR) is 40.2 cm³/mol. The molecule has 0 aliphatic heterocycles. The van der Waals surface area contributed by atoms with Crippen LogP contribution in [-0.4, -0.2) is 43.4 Å². The van der Waals surface area contributed by atoms with E-state index >= 15 is 0 Å². The van der Waals surface area contributed by atoms with E-state index in [1.807, 2.05) is 0 Å². The van der Waals surface area contributed by atoms with Crippen LogP contribution in [0.25, 0.3) is 0 Å². The zero-order valence-electron chi connectivity index (χ0n) is 6.66. The Morgan fingerprint density at radius 1 is 0.818 bits per heavy atom. The molecule has 4 heteroatoms. The van der Waals surface area contributed by atoms with Crippen molar-refractivity contribution in [2.75, 3.05) is 33.2 Å². The maximum absolute atomic E-state index is 8.35. The lowest BCUT2D eigenvalue weighted by atomic mass is 10.5. The van der Waals surface area contributed by atoms with E-state index < -0.39 is 0 Å². The van der Waals surface area contributed by atoms with Crippen molar-refractivity contribution in [1.82, 2.24) is 0 Å². The Hall–Kier alpha value is -0.160. The first kappa shape index (κ1) is 10.8. The molecule has 2 N–H and O–H groups in total. The van der Waals surface area contributed by atoms with E-state index in [2.05, 4.69) is 0 Å². The van der Waals surface area contributed by atoms with Crippen molar-refractivity contribution in [3.63, 3.8) is 0 Å². The van der Waals surface area contributed by atoms with E-state index in [0.717, 1.165) is 0 Å². The maximum Gasteiger partial charge on any atom is 0.146 e. The molecular formula is C7H16O4. The Balaban J connectivity index is 2.69. The quantitative estimate of drug-likeness (QED) is 0.383. The monoisotopic (exact) mass is 164 g/mol. The molecule has 4 nitrogen and oxygen atoms in total. The second-order valence-electron chi connectivity index (χ2n) is 2.09. The average molecular weight is 164 g/mol. The number of aliphatic hydroxyl groups is 2. The first-order chi connectivity index (χ1) is 5.41. The summed E-state index contributed by atoms with van der Waals surface area (Å²) in [5, 5.41) is 16.7. The fourth-order valence-corrected chi connectivity index (χ4v) is 0.510. The average Bonchev–Trinajstić information content (AvgIpc) is 2.03. The van der Waals surface area contributed by atoms with Crippen LogP contribution in [0.15, 0.2) is 0 Å². The van der Waals surface area contributed by atoms with Gasteiger partial charge in [-0.3, -0.25) is 0 Å². The molecule has 0 amide bonds. The Kier molecular flexibility index (Phi) is 9.70. The molecule has 0 aromatic rings. The Labute approximate surface area is 66.7 Å². The second kappa shape index (κ2) is 9.84. The summed E-state index contributed by atoms with van der Waals surface area (Å²) in [5.41, 5.74) is 0. The zero-order valence-corrected chi connectivity index (χ0v) is 6.66. The van der Waals surface area contributed by atoms with Crippen molar-refractivity contribution in [3.8, 4) is 0 Å². The number of hydrogen-bond donors (Lipinski definition) is 2. The summed E-state index contributed by atoms with van der Waals surface area (Å²) in [6.07, 6.45) is 1.28. The summed E-state index contributed by atoms with van der Waals surface area (Å²) in [7, 11) is 0. The van der Waals surface area contributed by atoms with Crippen LogP contribution in [0.3, 0.4) is 0 Å². The molecule has 0 fully saturated rings. The highest BCUT2D eigenvalue weighted by Crippen LogP contribution is 1.84. The van der Waals surface area contributed by atoms with Crippen LogP contribution >= 0.6 is 0 Å². The van der Waals surface area contributed by atoms with Gasteiger partial charge in [-0.2, -0.15) is 0 Å². The van der Waals surface area contributed by atoms with Crippen LogP contribution in [0, 0.1) is 0 Å². The minimum absolute atomic E-state index is 0.149. The van der Waals surface area contributed by atoms with E-state index in [1.165, 1.54) is 0 Å². The topological polar surface area (TPSA) is 58.9 Å². The molecule has 0 saturated carbocycles. The number of ether oxygens (including phenoxy) is 2. The van der Waals surface area contributed by atoms with Crippen molar-refractivity contribution in [3.05, 3.63) is 0 Å². The molecule has 0 aliphatic rings. The molecule has 0 unspecified atom stereocenters. The van der Waals surface area contributed by atoms with Gasteiger partial charge in [-0.15, -0.1) is 0 Å². The number of rotatable bonds is 8. The van der Waals surface area contributed by atoms with Crippen LogP contribution in [-0.2, 0) is 9.47 Å². The van der Waals surface area contributed by atoms with Crippen molar-refractivity contribution >= 4 is 0 Å². The summed E-state index contributed by atoms with van der Waals surface area (Å²) in [6, 6.07) is 0. The van der Waals surface area contributed by atoms with Gasteiger partial charge in [0.25, 0.3) is 0 Å². The predicted octanol–water partition coefficient (Wildman–Crippen LogP) is -0.258. The lowest BCUT2D eigenvalue weighted by Crippen LogP contribution is -2.04. The first-order valence-electron chi connectivity index (χ1n) is 3.79. The van der Waals surface area contributed by atoms with E-state index in [9.17, 15) is 0 Å². The normalized spacial score (nSPS) is 10.4. The molecule has 0 bridgehead atoms. The summed E-state index contributed by atoms with van der Waals surface area (Å²) >= 11 is 0. The molecule has 0 atom stereocenters. The van der Waals surface area contributed by atoms with Gasteiger partial charge in [0.15, 0.2) is 0 Å². The Morgan fingerprint density at radius 3 is 1.64 bits per heavy atom. The third kappa shape index (κ3) is 9.84. The van der Waals surface area contributed by atoms with Crippen LogP contribution < -0.4 is 0 Å². The molecule has 0 heterocycles.